The summed E-state index contributed by atoms with van der Waals surface area (Å²) < 4.78 is 4.83. The van der Waals surface area contributed by atoms with Gasteiger partial charge < -0.3 is 9.64 Å². The van der Waals surface area contributed by atoms with Crippen LogP contribution in [-0.2, 0) is 14.3 Å². The molecule has 0 aromatic heterocycles. The number of carbonyl (C=O) groups is 2. The van der Waals surface area contributed by atoms with Crippen molar-refractivity contribution in [3.05, 3.63) is 11.3 Å². The smallest absolute Gasteiger partial charge is 0.343 e. The summed E-state index contributed by atoms with van der Waals surface area (Å²) in [4.78, 5) is 24.8. The lowest BCUT2D eigenvalue weighted by molar-refractivity contribution is -0.140. The third kappa shape index (κ3) is 1.95. The Morgan fingerprint density at radius 1 is 1.57 bits per heavy atom. The molecular formula is C10H15NO3. The van der Waals surface area contributed by atoms with Gasteiger partial charge in [-0.25, -0.2) is 4.79 Å². The van der Waals surface area contributed by atoms with Crippen molar-refractivity contribution in [2.75, 3.05) is 20.2 Å². The van der Waals surface area contributed by atoms with E-state index in [1.807, 2.05) is 11.9 Å². The highest BCUT2D eigenvalue weighted by Crippen LogP contribution is 2.18. The maximum absolute atomic E-state index is 11.5. The zero-order valence-corrected chi connectivity index (χ0v) is 8.79. The SMILES string of the molecule is CCOC(=O)C1=C(C)N(C)CCC1=O. The van der Waals surface area contributed by atoms with Gasteiger partial charge in [-0.05, 0) is 13.8 Å². The summed E-state index contributed by atoms with van der Waals surface area (Å²) in [5.74, 6) is -0.611. The first-order valence-electron chi connectivity index (χ1n) is 4.70. The molecule has 0 aromatic carbocycles. The van der Waals surface area contributed by atoms with Gasteiger partial charge in [0.15, 0.2) is 5.78 Å². The summed E-state index contributed by atoms with van der Waals surface area (Å²) in [6, 6.07) is 0. The van der Waals surface area contributed by atoms with Crippen LogP contribution < -0.4 is 0 Å². The molecule has 0 spiro atoms. The molecule has 1 aliphatic heterocycles. The zero-order valence-electron chi connectivity index (χ0n) is 8.79. The van der Waals surface area contributed by atoms with Gasteiger partial charge >= 0.3 is 5.97 Å². The summed E-state index contributed by atoms with van der Waals surface area (Å²) in [5, 5.41) is 0. The van der Waals surface area contributed by atoms with Crippen LogP contribution in [0.1, 0.15) is 20.3 Å². The van der Waals surface area contributed by atoms with Crippen LogP contribution in [0.4, 0.5) is 0 Å². The number of ether oxygens (including phenoxy) is 1. The van der Waals surface area contributed by atoms with E-state index in [0.717, 1.165) is 0 Å². The van der Waals surface area contributed by atoms with Crippen LogP contribution in [0.2, 0.25) is 0 Å². The van der Waals surface area contributed by atoms with Gasteiger partial charge in [-0.1, -0.05) is 0 Å². The molecule has 78 valence electrons. The first kappa shape index (κ1) is 10.8. The Kier molecular flexibility index (Phi) is 3.28. The summed E-state index contributed by atoms with van der Waals surface area (Å²) in [6.45, 7) is 4.47. The number of ketones is 1. The van der Waals surface area contributed by atoms with Crippen LogP contribution in [0.15, 0.2) is 11.3 Å². The second kappa shape index (κ2) is 4.26. The molecule has 0 N–H and O–H groups in total. The van der Waals surface area contributed by atoms with E-state index in [9.17, 15) is 9.59 Å². The van der Waals surface area contributed by atoms with E-state index in [0.29, 0.717) is 25.3 Å². The summed E-state index contributed by atoms with van der Waals surface area (Å²) in [6.07, 6.45) is 0.391. The molecule has 4 heteroatoms. The van der Waals surface area contributed by atoms with E-state index in [1.54, 1.807) is 13.8 Å². The van der Waals surface area contributed by atoms with E-state index < -0.39 is 5.97 Å². The van der Waals surface area contributed by atoms with Gasteiger partial charge in [0.05, 0.1) is 6.61 Å². The monoisotopic (exact) mass is 197 g/mol. The fourth-order valence-electron chi connectivity index (χ4n) is 1.42. The van der Waals surface area contributed by atoms with E-state index >= 15 is 0 Å². The summed E-state index contributed by atoms with van der Waals surface area (Å²) in [5.41, 5.74) is 0.917. The van der Waals surface area contributed by atoms with Crippen molar-refractivity contribution in [2.24, 2.45) is 0 Å². The molecule has 0 unspecified atom stereocenters. The van der Waals surface area contributed by atoms with Gasteiger partial charge in [0.25, 0.3) is 0 Å². The highest BCUT2D eigenvalue weighted by molar-refractivity contribution is 6.18. The fraction of sp³-hybridized carbons (Fsp3) is 0.600. The Bertz CT molecular complexity index is 294. The quantitative estimate of drug-likeness (QED) is 0.483. The van der Waals surface area contributed by atoms with Gasteiger partial charge in [-0.2, -0.15) is 0 Å². The molecule has 14 heavy (non-hydrogen) atoms. The van der Waals surface area contributed by atoms with Crippen LogP contribution >= 0.6 is 0 Å². The Morgan fingerprint density at radius 3 is 2.79 bits per heavy atom. The molecule has 0 aliphatic carbocycles. The predicted octanol–water partition coefficient (Wildman–Crippen LogP) is 0.728. The van der Waals surface area contributed by atoms with Crippen molar-refractivity contribution in [3.63, 3.8) is 0 Å². The van der Waals surface area contributed by atoms with Gasteiger partial charge in [0.2, 0.25) is 0 Å². The maximum Gasteiger partial charge on any atom is 0.343 e. The van der Waals surface area contributed by atoms with Crippen molar-refractivity contribution in [2.45, 2.75) is 20.3 Å². The third-order valence-corrected chi connectivity index (χ3v) is 2.37. The Labute approximate surface area is 83.5 Å². The second-order valence-electron chi connectivity index (χ2n) is 3.28. The number of allylic oxidation sites excluding steroid dienone is 1. The molecule has 0 bridgehead atoms. The molecule has 0 saturated carbocycles. The Hall–Kier alpha value is -1.32. The van der Waals surface area contributed by atoms with E-state index in [4.69, 9.17) is 4.74 Å². The maximum atomic E-state index is 11.5. The topological polar surface area (TPSA) is 46.6 Å². The number of hydrogen-bond donors (Lipinski definition) is 0. The number of esters is 1. The number of hydrogen-bond acceptors (Lipinski definition) is 4. The first-order chi connectivity index (χ1) is 6.57. The minimum absolute atomic E-state index is 0.112. The van der Waals surface area contributed by atoms with Crippen LogP contribution in [0, 0.1) is 0 Å². The number of rotatable bonds is 2. The molecule has 0 radical (unpaired) electrons. The van der Waals surface area contributed by atoms with Crippen LogP contribution in [0.5, 0.6) is 0 Å². The highest BCUT2D eigenvalue weighted by Gasteiger charge is 2.27. The third-order valence-electron chi connectivity index (χ3n) is 2.37. The van der Waals surface area contributed by atoms with Crippen molar-refractivity contribution in [1.29, 1.82) is 0 Å². The van der Waals surface area contributed by atoms with Crippen LogP contribution in [0.25, 0.3) is 0 Å². The number of carbonyl (C=O) groups excluding carboxylic acids is 2. The highest BCUT2D eigenvalue weighted by atomic mass is 16.5. The average molecular weight is 197 g/mol. The molecule has 1 aliphatic rings. The minimum Gasteiger partial charge on any atom is -0.462 e. The van der Waals surface area contributed by atoms with Crippen molar-refractivity contribution < 1.29 is 14.3 Å². The van der Waals surface area contributed by atoms with Crippen LogP contribution in [0.3, 0.4) is 0 Å². The molecule has 0 atom stereocenters. The molecule has 0 amide bonds. The zero-order chi connectivity index (χ0) is 10.7. The molecule has 0 fully saturated rings. The summed E-state index contributed by atoms with van der Waals surface area (Å²) in [7, 11) is 1.86. The number of nitrogens with zero attached hydrogens (tertiary/aromatic N) is 1. The van der Waals surface area contributed by atoms with E-state index in [1.165, 1.54) is 0 Å². The van der Waals surface area contributed by atoms with E-state index in [2.05, 4.69) is 0 Å². The van der Waals surface area contributed by atoms with Crippen molar-refractivity contribution >= 4 is 11.8 Å². The fourth-order valence-corrected chi connectivity index (χ4v) is 1.42. The van der Waals surface area contributed by atoms with E-state index in [-0.39, 0.29) is 11.4 Å². The lowest BCUT2D eigenvalue weighted by Crippen LogP contribution is -2.32. The molecule has 4 nitrogen and oxygen atoms in total. The van der Waals surface area contributed by atoms with Gasteiger partial charge in [-0.3, -0.25) is 4.79 Å². The minimum atomic E-state index is -0.499. The molecule has 1 heterocycles. The molecule has 0 aromatic rings. The van der Waals surface area contributed by atoms with Crippen LogP contribution in [-0.4, -0.2) is 36.9 Å². The first-order valence-corrected chi connectivity index (χ1v) is 4.70. The van der Waals surface area contributed by atoms with Gasteiger partial charge in [0.1, 0.15) is 5.57 Å². The lowest BCUT2D eigenvalue weighted by atomic mass is 10.0. The molecular weight excluding hydrogens is 182 g/mol. The van der Waals surface area contributed by atoms with Gasteiger partial charge in [-0.15, -0.1) is 0 Å². The predicted molar refractivity (Wildman–Crippen MR) is 51.6 cm³/mol. The standard InChI is InChI=1S/C10H15NO3/c1-4-14-10(13)9-7(2)11(3)6-5-8(9)12/h4-6H2,1-3H3. The number of Topliss-reactive ketones (excluding diaryl/α,β-unsaturated/α-hetero) is 1. The van der Waals surface area contributed by atoms with Crippen molar-refractivity contribution in [3.8, 4) is 0 Å². The summed E-state index contributed by atoms with van der Waals surface area (Å²) >= 11 is 0. The normalized spacial score (nSPS) is 17.4. The largest absolute Gasteiger partial charge is 0.462 e. The molecule has 0 saturated heterocycles. The second-order valence-corrected chi connectivity index (χ2v) is 3.28. The Morgan fingerprint density at radius 2 is 2.21 bits per heavy atom. The lowest BCUT2D eigenvalue weighted by Gasteiger charge is -2.26. The average Bonchev–Trinajstić information content (AvgIpc) is 2.13. The Balaban J connectivity index is 2.96. The molecule has 1 rings (SSSR count). The van der Waals surface area contributed by atoms with Gasteiger partial charge in [0, 0.05) is 25.7 Å². The van der Waals surface area contributed by atoms with Crippen molar-refractivity contribution in [1.82, 2.24) is 4.90 Å².